The highest BCUT2D eigenvalue weighted by atomic mass is 79.9. The van der Waals surface area contributed by atoms with Gasteiger partial charge in [-0.2, -0.15) is 0 Å². The first-order valence-corrected chi connectivity index (χ1v) is 6.55. The fourth-order valence-electron chi connectivity index (χ4n) is 1.59. The van der Waals surface area contributed by atoms with Crippen molar-refractivity contribution in [3.63, 3.8) is 0 Å². The molecule has 0 saturated heterocycles. The highest BCUT2D eigenvalue weighted by Gasteiger charge is 2.13. The molecule has 0 spiro atoms. The molecule has 0 saturated carbocycles. The number of rotatable bonds is 3. The molecule has 2 heterocycles. The number of amides is 1. The summed E-state index contributed by atoms with van der Waals surface area (Å²) in [5.74, 6) is -0.198. The van der Waals surface area contributed by atoms with Crippen molar-refractivity contribution in [1.82, 2.24) is 9.55 Å². The van der Waals surface area contributed by atoms with Crippen molar-refractivity contribution >= 4 is 39.1 Å². The van der Waals surface area contributed by atoms with E-state index in [4.69, 9.17) is 11.6 Å². The molecule has 2 rings (SSSR count). The fraction of sp³-hybridized carbons (Fsp3) is 0.167. The average Bonchev–Trinajstić information content (AvgIpc) is 2.73. The third kappa shape index (κ3) is 2.73. The number of nitrogens with zero attached hydrogens (tertiary/aromatic N) is 2. The zero-order chi connectivity index (χ0) is 13.1. The highest BCUT2D eigenvalue weighted by molar-refractivity contribution is 9.10. The summed E-state index contributed by atoms with van der Waals surface area (Å²) in [7, 11) is 0. The van der Waals surface area contributed by atoms with Gasteiger partial charge in [-0.3, -0.25) is 9.78 Å². The van der Waals surface area contributed by atoms with Crippen molar-refractivity contribution in [1.29, 1.82) is 0 Å². The van der Waals surface area contributed by atoms with Crippen LogP contribution < -0.4 is 5.32 Å². The standard InChI is InChI=1S/C12H11BrClN3O/c1-2-17-7-8(14)5-11(17)12(18)16-10-3-4-15-6-9(10)13/h3-7H,2H2,1H3,(H,15,16,18). The summed E-state index contributed by atoms with van der Waals surface area (Å²) in [6.45, 7) is 2.64. The molecule has 1 N–H and O–H groups in total. The summed E-state index contributed by atoms with van der Waals surface area (Å²) in [6, 6.07) is 3.37. The summed E-state index contributed by atoms with van der Waals surface area (Å²) < 4.78 is 2.53. The number of hydrogen-bond donors (Lipinski definition) is 1. The molecule has 2 aromatic heterocycles. The van der Waals surface area contributed by atoms with Crippen LogP contribution in [0, 0.1) is 0 Å². The van der Waals surface area contributed by atoms with Gasteiger partial charge in [-0.1, -0.05) is 11.6 Å². The molecule has 0 fully saturated rings. The molecule has 4 nitrogen and oxygen atoms in total. The van der Waals surface area contributed by atoms with Crippen LogP contribution in [-0.2, 0) is 6.54 Å². The molecule has 18 heavy (non-hydrogen) atoms. The minimum Gasteiger partial charge on any atom is -0.342 e. The molecule has 0 radical (unpaired) electrons. The van der Waals surface area contributed by atoms with Crippen LogP contribution >= 0.6 is 27.5 Å². The van der Waals surface area contributed by atoms with E-state index in [1.165, 1.54) is 0 Å². The Hall–Kier alpha value is -1.33. The van der Waals surface area contributed by atoms with Gasteiger partial charge in [-0.15, -0.1) is 0 Å². The first kappa shape index (κ1) is 13.1. The summed E-state index contributed by atoms with van der Waals surface area (Å²) in [4.78, 5) is 16.1. The summed E-state index contributed by atoms with van der Waals surface area (Å²) >= 11 is 9.23. The van der Waals surface area contributed by atoms with Gasteiger partial charge in [-0.05, 0) is 35.0 Å². The molecule has 0 unspecified atom stereocenters. The van der Waals surface area contributed by atoms with Crippen LogP contribution in [0.2, 0.25) is 5.02 Å². The van der Waals surface area contributed by atoms with Gasteiger partial charge in [0.15, 0.2) is 0 Å². The van der Waals surface area contributed by atoms with Gasteiger partial charge < -0.3 is 9.88 Å². The van der Waals surface area contributed by atoms with Gasteiger partial charge in [-0.25, -0.2) is 0 Å². The van der Waals surface area contributed by atoms with Gasteiger partial charge in [0.25, 0.3) is 5.91 Å². The minimum atomic E-state index is -0.198. The van der Waals surface area contributed by atoms with E-state index >= 15 is 0 Å². The van der Waals surface area contributed by atoms with Crippen molar-refractivity contribution in [2.45, 2.75) is 13.5 Å². The van der Waals surface area contributed by atoms with Crippen molar-refractivity contribution in [2.24, 2.45) is 0 Å². The Bertz CT molecular complexity index is 582. The van der Waals surface area contributed by atoms with E-state index in [-0.39, 0.29) is 5.91 Å². The largest absolute Gasteiger partial charge is 0.342 e. The van der Waals surface area contributed by atoms with Crippen molar-refractivity contribution in [3.05, 3.63) is 45.9 Å². The zero-order valence-corrected chi connectivity index (χ0v) is 12.0. The number of aromatic nitrogens is 2. The molecular weight excluding hydrogens is 318 g/mol. The lowest BCUT2D eigenvalue weighted by atomic mass is 10.3. The average molecular weight is 329 g/mol. The number of anilines is 1. The van der Waals surface area contributed by atoms with Crippen LogP contribution in [0.4, 0.5) is 5.69 Å². The maximum absolute atomic E-state index is 12.1. The number of carbonyl (C=O) groups is 1. The third-order valence-corrected chi connectivity index (χ3v) is 3.30. The number of carbonyl (C=O) groups excluding carboxylic acids is 1. The molecule has 0 aliphatic carbocycles. The van der Waals surface area contributed by atoms with Crippen molar-refractivity contribution in [3.8, 4) is 0 Å². The summed E-state index contributed by atoms with van der Waals surface area (Å²) in [6.07, 6.45) is 4.98. The fourth-order valence-corrected chi connectivity index (χ4v) is 2.16. The Balaban J connectivity index is 2.25. The Labute approximate surface area is 118 Å². The lowest BCUT2D eigenvalue weighted by Crippen LogP contribution is -2.16. The number of halogens is 2. The maximum Gasteiger partial charge on any atom is 0.272 e. The summed E-state index contributed by atoms with van der Waals surface area (Å²) in [5.41, 5.74) is 1.21. The molecule has 0 aliphatic heterocycles. The molecule has 0 aliphatic rings. The molecule has 0 aromatic carbocycles. The van der Waals surface area contributed by atoms with Crippen LogP contribution in [0.25, 0.3) is 0 Å². The van der Waals surface area contributed by atoms with Crippen molar-refractivity contribution < 1.29 is 4.79 Å². The lowest BCUT2D eigenvalue weighted by molar-refractivity contribution is 0.101. The normalized spacial score (nSPS) is 10.4. The second-order valence-corrected chi connectivity index (χ2v) is 4.93. The van der Waals surface area contributed by atoms with Gasteiger partial charge in [0.1, 0.15) is 5.69 Å². The smallest absolute Gasteiger partial charge is 0.272 e. The number of aryl methyl sites for hydroxylation is 1. The Kier molecular flexibility index (Phi) is 4.04. The highest BCUT2D eigenvalue weighted by Crippen LogP contribution is 2.21. The number of nitrogens with one attached hydrogen (secondary N) is 1. The molecular formula is C12H11BrClN3O. The Morgan fingerprint density at radius 1 is 1.61 bits per heavy atom. The van der Waals surface area contributed by atoms with E-state index in [0.29, 0.717) is 22.9 Å². The second kappa shape index (κ2) is 5.54. The Morgan fingerprint density at radius 2 is 2.39 bits per heavy atom. The summed E-state index contributed by atoms with van der Waals surface area (Å²) in [5, 5.41) is 3.36. The molecule has 1 amide bonds. The topological polar surface area (TPSA) is 46.9 Å². The molecule has 2 aromatic rings. The van der Waals surface area contributed by atoms with Gasteiger partial charge in [0, 0.05) is 25.1 Å². The van der Waals surface area contributed by atoms with E-state index in [2.05, 4.69) is 26.2 Å². The zero-order valence-electron chi connectivity index (χ0n) is 9.65. The first-order valence-electron chi connectivity index (χ1n) is 5.38. The van der Waals surface area contributed by atoms with Crippen molar-refractivity contribution in [2.75, 3.05) is 5.32 Å². The molecule has 94 valence electrons. The predicted molar refractivity (Wildman–Crippen MR) is 75.0 cm³/mol. The minimum absolute atomic E-state index is 0.198. The van der Waals surface area contributed by atoms with Crippen LogP contribution in [0.3, 0.4) is 0 Å². The monoisotopic (exact) mass is 327 g/mol. The predicted octanol–water partition coefficient (Wildman–Crippen LogP) is 3.57. The van der Waals surface area contributed by atoms with E-state index in [1.807, 2.05) is 6.92 Å². The van der Waals surface area contributed by atoms with Crippen LogP contribution in [0.15, 0.2) is 35.2 Å². The maximum atomic E-state index is 12.1. The van der Waals surface area contributed by atoms with E-state index in [9.17, 15) is 4.79 Å². The van der Waals surface area contributed by atoms with Crippen LogP contribution in [-0.4, -0.2) is 15.5 Å². The van der Waals surface area contributed by atoms with E-state index < -0.39 is 0 Å². The second-order valence-electron chi connectivity index (χ2n) is 3.64. The van der Waals surface area contributed by atoms with Crippen LogP contribution in [0.5, 0.6) is 0 Å². The lowest BCUT2D eigenvalue weighted by Gasteiger charge is -2.08. The quantitative estimate of drug-likeness (QED) is 0.936. The molecule has 0 atom stereocenters. The molecule has 0 bridgehead atoms. The first-order chi connectivity index (χ1) is 8.61. The SMILES string of the molecule is CCn1cc(Cl)cc1C(=O)Nc1ccncc1Br. The van der Waals surface area contributed by atoms with E-state index in [1.54, 1.807) is 35.3 Å². The third-order valence-electron chi connectivity index (χ3n) is 2.46. The van der Waals surface area contributed by atoms with Crippen LogP contribution in [0.1, 0.15) is 17.4 Å². The van der Waals surface area contributed by atoms with E-state index in [0.717, 1.165) is 4.47 Å². The van der Waals surface area contributed by atoms with Gasteiger partial charge in [0.2, 0.25) is 0 Å². The number of hydrogen-bond acceptors (Lipinski definition) is 2. The number of pyridine rings is 1. The Morgan fingerprint density at radius 3 is 3.06 bits per heavy atom. The van der Waals surface area contributed by atoms with Gasteiger partial charge >= 0.3 is 0 Å². The molecule has 6 heteroatoms. The van der Waals surface area contributed by atoms with Gasteiger partial charge in [0.05, 0.1) is 15.2 Å².